The van der Waals surface area contributed by atoms with Crippen LogP contribution in [-0.4, -0.2) is 52.4 Å². The number of aromatic nitrogens is 3. The van der Waals surface area contributed by atoms with Crippen molar-refractivity contribution < 1.29 is 13.2 Å². The summed E-state index contributed by atoms with van der Waals surface area (Å²) >= 11 is 5.98. The number of benzene rings is 1. The standard InChI is InChI=1S/C23H23ClN4O3S/c24-18-4-5-19-17(13-18)14-22(26-19)32(30,31)12-8-23(29)27-10-6-16(7-11-27)20-15-25-21-3-1-2-9-28(20)21/h1-5,9,13-16,26H,6-8,10-12H2. The zero-order chi connectivity index (χ0) is 22.3. The molecule has 4 heterocycles. The molecule has 1 fully saturated rings. The molecule has 1 N–H and O–H groups in total. The number of piperidine rings is 1. The fraction of sp³-hybridized carbons (Fsp3) is 0.304. The lowest BCUT2D eigenvalue weighted by molar-refractivity contribution is -0.131. The fourth-order valence-electron chi connectivity index (χ4n) is 4.41. The van der Waals surface area contributed by atoms with E-state index in [1.165, 1.54) is 0 Å². The molecule has 3 aromatic heterocycles. The van der Waals surface area contributed by atoms with Crippen molar-refractivity contribution in [2.75, 3.05) is 18.8 Å². The number of amides is 1. The SMILES string of the molecule is O=C(CCS(=O)(=O)c1cc2cc(Cl)ccc2[nH]1)N1CCC(c2cnc3ccccn23)CC1. The van der Waals surface area contributed by atoms with E-state index >= 15 is 0 Å². The molecule has 5 rings (SSSR count). The molecule has 166 valence electrons. The number of sulfone groups is 1. The predicted molar refractivity (Wildman–Crippen MR) is 124 cm³/mol. The molecule has 0 aliphatic carbocycles. The van der Waals surface area contributed by atoms with Gasteiger partial charge in [-0.15, -0.1) is 0 Å². The number of carbonyl (C=O) groups is 1. The highest BCUT2D eigenvalue weighted by Gasteiger charge is 2.27. The number of nitrogens with zero attached hydrogens (tertiary/aromatic N) is 3. The number of nitrogens with one attached hydrogen (secondary N) is 1. The molecule has 32 heavy (non-hydrogen) atoms. The number of hydrogen-bond acceptors (Lipinski definition) is 4. The van der Waals surface area contributed by atoms with Gasteiger partial charge in [-0.3, -0.25) is 4.79 Å². The minimum Gasteiger partial charge on any atom is -0.346 e. The molecule has 0 saturated carbocycles. The summed E-state index contributed by atoms with van der Waals surface area (Å²) < 4.78 is 27.6. The van der Waals surface area contributed by atoms with Crippen LogP contribution in [0.25, 0.3) is 16.6 Å². The molecule has 1 aliphatic rings. The highest BCUT2D eigenvalue weighted by molar-refractivity contribution is 7.91. The van der Waals surface area contributed by atoms with Crippen LogP contribution < -0.4 is 0 Å². The van der Waals surface area contributed by atoms with Gasteiger partial charge in [-0.05, 0) is 49.2 Å². The number of hydrogen-bond donors (Lipinski definition) is 1. The van der Waals surface area contributed by atoms with Crippen LogP contribution in [0.15, 0.2) is 59.9 Å². The van der Waals surface area contributed by atoms with Gasteiger partial charge in [0.25, 0.3) is 0 Å². The number of H-pyrrole nitrogens is 1. The van der Waals surface area contributed by atoms with Gasteiger partial charge in [-0.1, -0.05) is 17.7 Å². The Morgan fingerprint density at radius 3 is 2.78 bits per heavy atom. The first-order chi connectivity index (χ1) is 15.4. The summed E-state index contributed by atoms with van der Waals surface area (Å²) in [6.07, 6.45) is 5.57. The van der Waals surface area contributed by atoms with Crippen molar-refractivity contribution in [1.29, 1.82) is 0 Å². The molecule has 0 spiro atoms. The highest BCUT2D eigenvalue weighted by Crippen LogP contribution is 2.29. The van der Waals surface area contributed by atoms with Crippen molar-refractivity contribution in [3.63, 3.8) is 0 Å². The van der Waals surface area contributed by atoms with Gasteiger partial charge >= 0.3 is 0 Å². The predicted octanol–water partition coefficient (Wildman–Crippen LogP) is 4.04. The van der Waals surface area contributed by atoms with E-state index in [2.05, 4.69) is 14.4 Å². The monoisotopic (exact) mass is 470 g/mol. The van der Waals surface area contributed by atoms with Gasteiger partial charge in [0.05, 0.1) is 5.75 Å². The lowest BCUT2D eigenvalue weighted by atomic mass is 9.93. The Bertz CT molecular complexity index is 1400. The third-order valence-corrected chi connectivity index (χ3v) is 8.06. The minimum atomic E-state index is -3.60. The Hall–Kier alpha value is -2.84. The van der Waals surface area contributed by atoms with Gasteiger partial charge in [-0.25, -0.2) is 13.4 Å². The van der Waals surface area contributed by atoms with E-state index in [9.17, 15) is 13.2 Å². The molecule has 0 bridgehead atoms. The number of pyridine rings is 1. The van der Waals surface area contributed by atoms with Crippen molar-refractivity contribution in [2.24, 2.45) is 0 Å². The Balaban J connectivity index is 1.20. The molecule has 4 aromatic rings. The second-order valence-corrected chi connectivity index (χ2v) is 10.7. The first-order valence-electron chi connectivity index (χ1n) is 10.6. The van der Waals surface area contributed by atoms with Crippen LogP contribution >= 0.6 is 11.6 Å². The Morgan fingerprint density at radius 1 is 1.16 bits per heavy atom. The van der Waals surface area contributed by atoms with Crippen LogP contribution in [0.2, 0.25) is 5.02 Å². The van der Waals surface area contributed by atoms with Gasteiger partial charge < -0.3 is 14.3 Å². The van der Waals surface area contributed by atoms with Crippen LogP contribution in [0.4, 0.5) is 0 Å². The van der Waals surface area contributed by atoms with Crippen LogP contribution in [0.3, 0.4) is 0 Å². The van der Waals surface area contributed by atoms with Crippen LogP contribution in [0.5, 0.6) is 0 Å². The van der Waals surface area contributed by atoms with Crippen LogP contribution in [-0.2, 0) is 14.6 Å². The Morgan fingerprint density at radius 2 is 1.97 bits per heavy atom. The maximum absolute atomic E-state index is 12.8. The zero-order valence-electron chi connectivity index (χ0n) is 17.4. The number of carbonyl (C=O) groups excluding carboxylic acids is 1. The van der Waals surface area contributed by atoms with Crippen molar-refractivity contribution in [2.45, 2.75) is 30.2 Å². The van der Waals surface area contributed by atoms with E-state index in [4.69, 9.17) is 11.6 Å². The second-order valence-electron chi connectivity index (χ2n) is 8.20. The second kappa shape index (κ2) is 8.26. The van der Waals surface area contributed by atoms with Crippen molar-refractivity contribution >= 4 is 43.9 Å². The number of rotatable bonds is 5. The van der Waals surface area contributed by atoms with Crippen molar-refractivity contribution in [1.82, 2.24) is 19.3 Å². The van der Waals surface area contributed by atoms with Crippen molar-refractivity contribution in [3.8, 4) is 0 Å². The number of fused-ring (bicyclic) bond motifs is 2. The Kier molecular flexibility index (Phi) is 5.43. The molecule has 0 atom stereocenters. The molecule has 1 aromatic carbocycles. The van der Waals surface area contributed by atoms with Gasteiger partial charge in [0.1, 0.15) is 10.7 Å². The number of imidazole rings is 1. The molecule has 9 heteroatoms. The summed E-state index contributed by atoms with van der Waals surface area (Å²) in [6, 6.07) is 12.7. The molecule has 1 saturated heterocycles. The first-order valence-corrected chi connectivity index (χ1v) is 12.6. The summed E-state index contributed by atoms with van der Waals surface area (Å²) in [4.78, 5) is 21.9. The maximum atomic E-state index is 12.8. The third kappa shape index (κ3) is 4.00. The van der Waals surface area contributed by atoms with Gasteiger partial charge in [-0.2, -0.15) is 0 Å². The zero-order valence-corrected chi connectivity index (χ0v) is 18.9. The molecular weight excluding hydrogens is 448 g/mol. The fourth-order valence-corrected chi connectivity index (χ4v) is 5.83. The summed E-state index contributed by atoms with van der Waals surface area (Å²) in [7, 11) is -3.60. The molecule has 0 radical (unpaired) electrons. The van der Waals surface area contributed by atoms with Crippen LogP contribution in [0.1, 0.15) is 30.9 Å². The quantitative estimate of drug-likeness (QED) is 0.477. The Labute approximate surface area is 190 Å². The average molecular weight is 471 g/mol. The van der Waals surface area contributed by atoms with Crippen molar-refractivity contribution in [3.05, 3.63) is 65.6 Å². The molecule has 1 aliphatic heterocycles. The van der Waals surface area contributed by atoms with E-state index in [1.54, 1.807) is 29.2 Å². The maximum Gasteiger partial charge on any atom is 0.223 e. The molecule has 1 amide bonds. The van der Waals surface area contributed by atoms with E-state index in [1.807, 2.05) is 30.6 Å². The molecule has 0 unspecified atom stereocenters. The number of aromatic amines is 1. The molecule has 7 nitrogen and oxygen atoms in total. The molecular formula is C23H23ClN4O3S. The third-order valence-electron chi connectivity index (χ3n) is 6.19. The van der Waals surface area contributed by atoms with E-state index in [0.717, 1.165) is 29.6 Å². The number of likely N-dealkylation sites (tertiary alicyclic amines) is 1. The minimum absolute atomic E-state index is 0.0290. The average Bonchev–Trinajstić information content (AvgIpc) is 3.42. The number of halogens is 1. The largest absolute Gasteiger partial charge is 0.346 e. The highest BCUT2D eigenvalue weighted by atomic mass is 35.5. The topological polar surface area (TPSA) is 87.5 Å². The first kappa shape index (κ1) is 21.0. The van der Waals surface area contributed by atoms with E-state index in [-0.39, 0.29) is 23.1 Å². The normalized spacial score (nSPS) is 15.6. The van der Waals surface area contributed by atoms with Gasteiger partial charge in [0.15, 0.2) is 9.84 Å². The lowest BCUT2D eigenvalue weighted by Gasteiger charge is -2.32. The lowest BCUT2D eigenvalue weighted by Crippen LogP contribution is -2.38. The van der Waals surface area contributed by atoms with Crippen LogP contribution in [0, 0.1) is 0 Å². The summed E-state index contributed by atoms with van der Waals surface area (Å²) in [5.41, 5.74) is 2.79. The smallest absolute Gasteiger partial charge is 0.223 e. The van der Waals surface area contributed by atoms with Gasteiger partial charge in [0.2, 0.25) is 5.91 Å². The van der Waals surface area contributed by atoms with Gasteiger partial charge in [0, 0.05) is 59.4 Å². The van der Waals surface area contributed by atoms with E-state index in [0.29, 0.717) is 29.5 Å². The van der Waals surface area contributed by atoms with E-state index < -0.39 is 9.84 Å². The summed E-state index contributed by atoms with van der Waals surface area (Å²) in [5.74, 6) is -0.0118. The summed E-state index contributed by atoms with van der Waals surface area (Å²) in [6.45, 7) is 1.24. The summed E-state index contributed by atoms with van der Waals surface area (Å²) in [5, 5.41) is 1.40.